The minimum atomic E-state index is 0.730. The van der Waals surface area contributed by atoms with Crippen LogP contribution in [0.2, 0.25) is 0 Å². The highest BCUT2D eigenvalue weighted by atomic mass is 15.1. The van der Waals surface area contributed by atoms with Crippen LogP contribution in [0.4, 0.5) is 0 Å². The summed E-state index contributed by atoms with van der Waals surface area (Å²) >= 11 is 0. The van der Waals surface area contributed by atoms with Crippen LogP contribution in [0.15, 0.2) is 0 Å². The number of nitrogens with one attached hydrogen (secondary N) is 1. The van der Waals surface area contributed by atoms with E-state index in [9.17, 15) is 0 Å². The fourth-order valence-electron chi connectivity index (χ4n) is 2.99. The van der Waals surface area contributed by atoms with E-state index in [1.165, 1.54) is 58.2 Å². The quantitative estimate of drug-likeness (QED) is 0.772. The molecule has 0 spiro atoms. The van der Waals surface area contributed by atoms with E-state index in [2.05, 4.69) is 24.2 Å². The van der Waals surface area contributed by atoms with Gasteiger partial charge in [0.25, 0.3) is 0 Å². The maximum atomic E-state index is 3.75. The first-order valence-corrected chi connectivity index (χ1v) is 7.17. The smallest absolute Gasteiger partial charge is 0.00679 e. The van der Waals surface area contributed by atoms with E-state index in [4.69, 9.17) is 0 Å². The van der Waals surface area contributed by atoms with Gasteiger partial charge in [-0.2, -0.15) is 0 Å². The van der Waals surface area contributed by atoms with Crippen LogP contribution in [0.3, 0.4) is 0 Å². The van der Waals surface area contributed by atoms with E-state index < -0.39 is 0 Å². The summed E-state index contributed by atoms with van der Waals surface area (Å²) < 4.78 is 0. The lowest BCUT2D eigenvalue weighted by molar-refractivity contribution is 0.187. The Morgan fingerprint density at radius 1 is 1.19 bits per heavy atom. The number of hydrogen-bond acceptors (Lipinski definition) is 2. The Morgan fingerprint density at radius 2 is 1.88 bits per heavy atom. The van der Waals surface area contributed by atoms with Gasteiger partial charge in [0.1, 0.15) is 0 Å². The largest absolute Gasteiger partial charge is 0.314 e. The Balaban J connectivity index is 1.57. The molecular weight excluding hydrogens is 196 g/mol. The molecule has 1 atom stereocenters. The van der Waals surface area contributed by atoms with Gasteiger partial charge < -0.3 is 10.2 Å². The molecule has 0 aromatic carbocycles. The zero-order chi connectivity index (χ0) is 11.4. The fourth-order valence-corrected chi connectivity index (χ4v) is 2.99. The predicted molar refractivity (Wildman–Crippen MR) is 69.6 cm³/mol. The van der Waals surface area contributed by atoms with E-state index >= 15 is 0 Å². The third kappa shape index (κ3) is 3.46. The molecule has 1 aliphatic carbocycles. The van der Waals surface area contributed by atoms with Gasteiger partial charge in [-0.05, 0) is 64.7 Å². The molecule has 0 amide bonds. The van der Waals surface area contributed by atoms with Crippen LogP contribution in [0.5, 0.6) is 0 Å². The second kappa shape index (κ2) is 6.02. The number of piperidine rings is 1. The summed E-state index contributed by atoms with van der Waals surface area (Å²) in [5, 5.41) is 3.75. The lowest BCUT2D eigenvalue weighted by atomic mass is 9.83. The minimum absolute atomic E-state index is 0.730. The maximum Gasteiger partial charge on any atom is 0.00679 e. The summed E-state index contributed by atoms with van der Waals surface area (Å²) in [4.78, 5) is 2.46. The van der Waals surface area contributed by atoms with Crippen molar-refractivity contribution in [3.8, 4) is 0 Å². The zero-order valence-electron chi connectivity index (χ0n) is 11.0. The Bertz CT molecular complexity index is 193. The number of likely N-dealkylation sites (tertiary alicyclic amines) is 1. The van der Waals surface area contributed by atoms with Gasteiger partial charge >= 0.3 is 0 Å². The number of nitrogens with zero attached hydrogens (tertiary/aromatic N) is 1. The normalized spacial score (nSPS) is 26.6. The third-order valence-corrected chi connectivity index (χ3v) is 4.71. The molecule has 1 saturated heterocycles. The van der Waals surface area contributed by atoms with Crippen molar-refractivity contribution in [3.63, 3.8) is 0 Å². The standard InChI is InChI=1S/C14H28N2/c1-12(14-7-10-16(2)11-8-14)15-9-6-13-4-3-5-13/h12-15H,3-11H2,1-2H3. The molecule has 1 saturated carbocycles. The van der Waals surface area contributed by atoms with Crippen molar-refractivity contribution >= 4 is 0 Å². The molecule has 2 rings (SSSR count). The van der Waals surface area contributed by atoms with Crippen LogP contribution in [-0.4, -0.2) is 37.6 Å². The van der Waals surface area contributed by atoms with Gasteiger partial charge in [-0.3, -0.25) is 0 Å². The minimum Gasteiger partial charge on any atom is -0.314 e. The first-order chi connectivity index (χ1) is 7.75. The molecule has 1 N–H and O–H groups in total. The lowest BCUT2D eigenvalue weighted by Crippen LogP contribution is -2.41. The van der Waals surface area contributed by atoms with Crippen molar-refractivity contribution in [2.24, 2.45) is 11.8 Å². The second-order valence-corrected chi connectivity index (χ2v) is 5.97. The average molecular weight is 224 g/mol. The van der Waals surface area contributed by atoms with E-state index in [0.717, 1.165) is 17.9 Å². The number of hydrogen-bond donors (Lipinski definition) is 1. The highest BCUT2D eigenvalue weighted by Gasteiger charge is 2.22. The monoisotopic (exact) mass is 224 g/mol. The van der Waals surface area contributed by atoms with Gasteiger partial charge in [0.2, 0.25) is 0 Å². The molecule has 2 nitrogen and oxygen atoms in total. The van der Waals surface area contributed by atoms with Crippen molar-refractivity contribution in [1.29, 1.82) is 0 Å². The van der Waals surface area contributed by atoms with E-state index in [0.29, 0.717) is 0 Å². The molecule has 94 valence electrons. The molecular formula is C14H28N2. The topological polar surface area (TPSA) is 15.3 Å². The Labute approximate surface area is 101 Å². The summed E-state index contributed by atoms with van der Waals surface area (Å²) in [6.45, 7) is 6.22. The van der Waals surface area contributed by atoms with Crippen LogP contribution < -0.4 is 5.32 Å². The van der Waals surface area contributed by atoms with E-state index in [1.54, 1.807) is 0 Å². The van der Waals surface area contributed by atoms with Crippen LogP contribution in [0.25, 0.3) is 0 Å². The Kier molecular flexibility index (Phi) is 4.66. The lowest BCUT2D eigenvalue weighted by Gasteiger charge is -2.34. The van der Waals surface area contributed by atoms with Crippen molar-refractivity contribution in [2.75, 3.05) is 26.7 Å². The first kappa shape index (κ1) is 12.4. The summed E-state index contributed by atoms with van der Waals surface area (Å²) in [6, 6.07) is 0.730. The summed E-state index contributed by atoms with van der Waals surface area (Å²) in [5.41, 5.74) is 0. The van der Waals surface area contributed by atoms with Crippen molar-refractivity contribution in [1.82, 2.24) is 10.2 Å². The van der Waals surface area contributed by atoms with Gasteiger partial charge in [0, 0.05) is 6.04 Å². The summed E-state index contributed by atoms with van der Waals surface area (Å²) in [7, 11) is 2.24. The van der Waals surface area contributed by atoms with Crippen LogP contribution in [-0.2, 0) is 0 Å². The molecule has 0 aromatic heterocycles. The highest BCUT2D eigenvalue weighted by molar-refractivity contribution is 4.79. The SMILES string of the molecule is CC(NCCC1CCC1)C1CCN(C)CC1. The van der Waals surface area contributed by atoms with Gasteiger partial charge in [-0.15, -0.1) is 0 Å². The predicted octanol–water partition coefficient (Wildman–Crippen LogP) is 2.50. The van der Waals surface area contributed by atoms with E-state index in [-0.39, 0.29) is 0 Å². The average Bonchev–Trinajstić information content (AvgIpc) is 2.22. The molecule has 0 radical (unpaired) electrons. The maximum absolute atomic E-state index is 3.75. The molecule has 2 heteroatoms. The Hall–Kier alpha value is -0.0800. The molecule has 1 heterocycles. The van der Waals surface area contributed by atoms with Gasteiger partial charge in [0.05, 0.1) is 0 Å². The van der Waals surface area contributed by atoms with Crippen molar-refractivity contribution < 1.29 is 0 Å². The van der Waals surface area contributed by atoms with Crippen LogP contribution in [0, 0.1) is 11.8 Å². The second-order valence-electron chi connectivity index (χ2n) is 5.97. The first-order valence-electron chi connectivity index (χ1n) is 7.17. The van der Waals surface area contributed by atoms with Crippen molar-refractivity contribution in [2.45, 2.75) is 51.5 Å². The molecule has 2 fully saturated rings. The van der Waals surface area contributed by atoms with Crippen LogP contribution in [0.1, 0.15) is 45.4 Å². The van der Waals surface area contributed by atoms with Gasteiger partial charge in [-0.25, -0.2) is 0 Å². The molecule has 0 aromatic rings. The molecule has 0 bridgehead atoms. The van der Waals surface area contributed by atoms with E-state index in [1.807, 2.05) is 0 Å². The zero-order valence-corrected chi connectivity index (χ0v) is 11.0. The Morgan fingerprint density at radius 3 is 2.44 bits per heavy atom. The third-order valence-electron chi connectivity index (χ3n) is 4.71. The molecule has 16 heavy (non-hydrogen) atoms. The molecule has 2 aliphatic rings. The van der Waals surface area contributed by atoms with Crippen molar-refractivity contribution in [3.05, 3.63) is 0 Å². The molecule has 1 aliphatic heterocycles. The summed E-state index contributed by atoms with van der Waals surface area (Å²) in [6.07, 6.45) is 8.64. The highest BCUT2D eigenvalue weighted by Crippen LogP contribution is 2.29. The van der Waals surface area contributed by atoms with Crippen LogP contribution >= 0.6 is 0 Å². The van der Waals surface area contributed by atoms with Gasteiger partial charge in [-0.1, -0.05) is 19.3 Å². The van der Waals surface area contributed by atoms with Gasteiger partial charge in [0.15, 0.2) is 0 Å². The fraction of sp³-hybridized carbons (Fsp3) is 1.00. The number of rotatable bonds is 5. The molecule has 1 unspecified atom stereocenters. The summed E-state index contributed by atoms with van der Waals surface area (Å²) in [5.74, 6) is 1.97.